The fourth-order valence-corrected chi connectivity index (χ4v) is 1.36. The predicted molar refractivity (Wildman–Crippen MR) is 68.6 cm³/mol. The summed E-state index contributed by atoms with van der Waals surface area (Å²) in [6.07, 6.45) is 8.21. The summed E-state index contributed by atoms with van der Waals surface area (Å²) in [5, 5.41) is 0. The van der Waals surface area contributed by atoms with Crippen molar-refractivity contribution in [3.63, 3.8) is 0 Å². The Hall–Kier alpha value is 0.128. The van der Waals surface area contributed by atoms with E-state index in [1.807, 2.05) is 60.7 Å². The molecule has 0 aromatic heterocycles. The predicted octanol–water partition coefficient (Wildman–Crippen LogP) is 4.01. The van der Waals surface area contributed by atoms with Gasteiger partial charge in [0.15, 0.2) is 0 Å². The molecule has 0 heterocycles. The van der Waals surface area contributed by atoms with Crippen molar-refractivity contribution in [1.82, 2.24) is 0 Å². The molecule has 2 aromatic carbocycles. The van der Waals surface area contributed by atoms with Crippen LogP contribution in [-0.4, -0.2) is 0 Å². The van der Waals surface area contributed by atoms with Crippen LogP contribution in [0.25, 0.3) is 12.2 Å². The average molecular weight is 382 g/mol. The van der Waals surface area contributed by atoms with E-state index in [2.05, 4.69) is 24.3 Å². The van der Waals surface area contributed by atoms with E-state index in [9.17, 15) is 0 Å². The van der Waals surface area contributed by atoms with Gasteiger partial charge >= 0.3 is 0 Å². The normalized spacial score (nSPS) is 10.0. The molecule has 0 saturated heterocycles. The van der Waals surface area contributed by atoms with Gasteiger partial charge in [0.1, 0.15) is 0 Å². The van der Waals surface area contributed by atoms with Crippen LogP contribution >= 0.6 is 0 Å². The van der Waals surface area contributed by atoms with Crippen LogP contribution in [0.1, 0.15) is 11.1 Å². The molecule has 2 heteroatoms. The van der Waals surface area contributed by atoms with Gasteiger partial charge in [-0.3, -0.25) is 0 Å². The zero-order chi connectivity index (χ0) is 11.1. The van der Waals surface area contributed by atoms with Crippen molar-refractivity contribution >= 4 is 12.2 Å². The van der Waals surface area contributed by atoms with E-state index in [0.717, 1.165) is 0 Å². The van der Waals surface area contributed by atoms with Crippen LogP contribution < -0.4 is 0 Å². The van der Waals surface area contributed by atoms with Crippen LogP contribution in [0.15, 0.2) is 60.7 Å². The molecule has 0 atom stereocenters. The molecule has 2 rings (SSSR count). The van der Waals surface area contributed by atoms with Gasteiger partial charge in [-0.2, -0.15) is 60.7 Å². The Morgan fingerprint density at radius 2 is 0.944 bits per heavy atom. The van der Waals surface area contributed by atoms with Crippen molar-refractivity contribution in [2.24, 2.45) is 0 Å². The second kappa shape index (κ2) is 11.0. The third kappa shape index (κ3) is 6.90. The maximum atomic E-state index is 2.99. The van der Waals surface area contributed by atoms with Crippen molar-refractivity contribution in [2.75, 3.05) is 0 Å². The molecule has 18 heavy (non-hydrogen) atoms. The zero-order valence-electron chi connectivity index (χ0n) is 10.1. The van der Waals surface area contributed by atoms with E-state index >= 15 is 0 Å². The van der Waals surface area contributed by atoms with Crippen molar-refractivity contribution in [3.05, 3.63) is 83.9 Å². The number of hydrogen-bond donors (Lipinski definition) is 0. The molecule has 0 aliphatic heterocycles. The molecule has 0 N–H and O–H groups in total. The van der Waals surface area contributed by atoms with E-state index in [1.54, 1.807) is 0 Å². The quantitative estimate of drug-likeness (QED) is 0.556. The molecule has 0 aliphatic rings. The van der Waals surface area contributed by atoms with Gasteiger partial charge in [-0.05, 0) is 0 Å². The maximum Gasteiger partial charge on any atom is 0 e. The number of allylic oxidation sites excluding steroid dienone is 2. The SMILES string of the molecule is [Y].[Y].[c-]1ccc(/C=C/C=C/c2cc[c-]cc2)cc1. The molecule has 2 aromatic rings. The third-order valence-corrected chi connectivity index (χ3v) is 2.18. The van der Waals surface area contributed by atoms with Crippen LogP contribution in [0.5, 0.6) is 0 Å². The topological polar surface area (TPSA) is 0 Å². The first-order valence-electron chi connectivity index (χ1n) is 5.22. The molecule has 0 nitrogen and oxygen atoms in total. The van der Waals surface area contributed by atoms with Gasteiger partial charge in [-0.1, -0.05) is 24.3 Å². The van der Waals surface area contributed by atoms with Crippen molar-refractivity contribution < 1.29 is 65.4 Å². The van der Waals surface area contributed by atoms with Gasteiger partial charge in [-0.25, -0.2) is 0 Å². The fourth-order valence-electron chi connectivity index (χ4n) is 1.36. The smallest absolute Gasteiger partial charge is 0 e. The van der Waals surface area contributed by atoms with Crippen LogP contribution in [0.4, 0.5) is 0 Å². The summed E-state index contributed by atoms with van der Waals surface area (Å²) in [4.78, 5) is 0. The number of benzene rings is 2. The molecule has 84 valence electrons. The molecule has 0 spiro atoms. The first kappa shape index (κ1) is 18.1. The molecule has 0 amide bonds. The summed E-state index contributed by atoms with van der Waals surface area (Å²) in [5.41, 5.74) is 2.37. The Morgan fingerprint density at radius 3 is 1.28 bits per heavy atom. The van der Waals surface area contributed by atoms with Crippen LogP contribution in [0, 0.1) is 12.1 Å². The van der Waals surface area contributed by atoms with E-state index in [0.29, 0.717) is 0 Å². The van der Waals surface area contributed by atoms with E-state index in [-0.39, 0.29) is 65.4 Å². The number of hydrogen-bond acceptors (Lipinski definition) is 0. The Balaban J connectivity index is 0.00000144. The van der Waals surface area contributed by atoms with Crippen molar-refractivity contribution in [2.45, 2.75) is 0 Å². The Morgan fingerprint density at radius 1 is 0.611 bits per heavy atom. The first-order chi connectivity index (χ1) is 7.95. The maximum absolute atomic E-state index is 2.99. The second-order valence-electron chi connectivity index (χ2n) is 3.38. The molecule has 0 fully saturated rings. The minimum absolute atomic E-state index is 0. The summed E-state index contributed by atoms with van der Waals surface area (Å²) in [7, 11) is 0. The van der Waals surface area contributed by atoms with Gasteiger partial charge in [0.25, 0.3) is 0 Å². The zero-order valence-corrected chi connectivity index (χ0v) is 15.8. The van der Waals surface area contributed by atoms with Crippen molar-refractivity contribution in [3.8, 4) is 0 Å². The Kier molecular flexibility index (Phi) is 11.1. The Bertz CT molecular complexity index is 425. The Labute approximate surface area is 159 Å². The standard InChI is InChI=1S/C16H12.2Y/c1-3-9-15(10-4-1)13-7-8-14-16-11-5-2-6-12-16;;/h3-14H;;/q-2;;/b13-7+,14-8+;;. The minimum Gasteiger partial charge on any atom is -0.184 e. The molecule has 2 radical (unpaired) electrons. The molecular formula is C16H12Y2-2. The molecule has 0 aliphatic carbocycles. The summed E-state index contributed by atoms with van der Waals surface area (Å²) in [5.74, 6) is 0. The van der Waals surface area contributed by atoms with Gasteiger partial charge in [0.05, 0.1) is 0 Å². The average Bonchev–Trinajstić information content (AvgIpc) is 2.37. The van der Waals surface area contributed by atoms with Gasteiger partial charge in [-0.15, -0.1) is 11.1 Å². The summed E-state index contributed by atoms with van der Waals surface area (Å²) in [6.45, 7) is 0. The summed E-state index contributed by atoms with van der Waals surface area (Å²) < 4.78 is 0. The molecule has 0 saturated carbocycles. The van der Waals surface area contributed by atoms with E-state index in [4.69, 9.17) is 0 Å². The molecule has 0 unspecified atom stereocenters. The van der Waals surface area contributed by atoms with Gasteiger partial charge in [0, 0.05) is 65.4 Å². The second-order valence-corrected chi connectivity index (χ2v) is 3.38. The van der Waals surface area contributed by atoms with Crippen LogP contribution in [0.3, 0.4) is 0 Å². The van der Waals surface area contributed by atoms with E-state index < -0.39 is 0 Å². The first-order valence-corrected chi connectivity index (χ1v) is 5.22. The minimum atomic E-state index is 0. The number of rotatable bonds is 3. The monoisotopic (exact) mass is 382 g/mol. The largest absolute Gasteiger partial charge is 0.184 e. The molecule has 0 bridgehead atoms. The summed E-state index contributed by atoms with van der Waals surface area (Å²) >= 11 is 0. The van der Waals surface area contributed by atoms with Crippen LogP contribution in [-0.2, 0) is 65.4 Å². The summed E-state index contributed by atoms with van der Waals surface area (Å²) in [6, 6.07) is 21.8. The van der Waals surface area contributed by atoms with Crippen LogP contribution in [0.2, 0.25) is 0 Å². The third-order valence-electron chi connectivity index (χ3n) is 2.18. The van der Waals surface area contributed by atoms with Crippen molar-refractivity contribution in [1.29, 1.82) is 0 Å². The molecular weight excluding hydrogens is 370 g/mol. The van der Waals surface area contributed by atoms with Gasteiger partial charge < -0.3 is 0 Å². The van der Waals surface area contributed by atoms with Gasteiger partial charge in [0.2, 0.25) is 0 Å². The fraction of sp³-hybridized carbons (Fsp3) is 0. The van der Waals surface area contributed by atoms with E-state index in [1.165, 1.54) is 11.1 Å².